The molecule has 0 aliphatic rings. The number of benzene rings is 1. The van der Waals surface area contributed by atoms with Crippen molar-refractivity contribution in [3.8, 4) is 5.75 Å². The van der Waals surface area contributed by atoms with Gasteiger partial charge in [0.2, 0.25) is 0 Å². The normalized spacial score (nSPS) is 10.2. The van der Waals surface area contributed by atoms with E-state index in [1.807, 2.05) is 45.3 Å². The highest BCUT2D eigenvalue weighted by atomic mass is 16.7. The quantitative estimate of drug-likeness (QED) is 0.598. The molecule has 0 spiro atoms. The lowest BCUT2D eigenvalue weighted by Crippen LogP contribution is -2.15. The van der Waals surface area contributed by atoms with Gasteiger partial charge in [0.1, 0.15) is 5.75 Å². The van der Waals surface area contributed by atoms with Gasteiger partial charge >= 0.3 is 0 Å². The standard InChI is InChI=1S/C9H13NO/c1-8-5-4-6-9(7-8)11-10(2)3/h4-7H,1-3H3. The largest absolute Gasteiger partial charge is 0.407 e. The highest BCUT2D eigenvalue weighted by molar-refractivity contribution is 5.26. The van der Waals surface area contributed by atoms with E-state index < -0.39 is 0 Å². The van der Waals surface area contributed by atoms with Gasteiger partial charge in [0.15, 0.2) is 0 Å². The molecule has 60 valence electrons. The Morgan fingerprint density at radius 3 is 2.55 bits per heavy atom. The Morgan fingerprint density at radius 2 is 2.00 bits per heavy atom. The van der Waals surface area contributed by atoms with Crippen LogP contribution in [-0.4, -0.2) is 19.2 Å². The van der Waals surface area contributed by atoms with Crippen molar-refractivity contribution in [2.45, 2.75) is 6.92 Å². The molecule has 0 unspecified atom stereocenters. The van der Waals surface area contributed by atoms with Gasteiger partial charge in [-0.1, -0.05) is 12.1 Å². The molecule has 0 aliphatic carbocycles. The minimum absolute atomic E-state index is 0.884. The van der Waals surface area contributed by atoms with Crippen molar-refractivity contribution < 1.29 is 4.84 Å². The van der Waals surface area contributed by atoms with Crippen LogP contribution in [0.15, 0.2) is 24.3 Å². The van der Waals surface area contributed by atoms with E-state index in [1.54, 1.807) is 5.06 Å². The van der Waals surface area contributed by atoms with E-state index in [2.05, 4.69) is 0 Å². The molecule has 1 aromatic rings. The van der Waals surface area contributed by atoms with Crippen molar-refractivity contribution in [1.82, 2.24) is 5.06 Å². The first-order valence-corrected chi connectivity index (χ1v) is 3.60. The van der Waals surface area contributed by atoms with Crippen LogP contribution in [0, 0.1) is 6.92 Å². The van der Waals surface area contributed by atoms with Gasteiger partial charge in [-0.05, 0) is 24.6 Å². The van der Waals surface area contributed by atoms with Crippen LogP contribution in [0.25, 0.3) is 0 Å². The first-order valence-electron chi connectivity index (χ1n) is 3.60. The SMILES string of the molecule is Cc1cccc(ON(C)C)c1. The van der Waals surface area contributed by atoms with Crippen molar-refractivity contribution in [3.63, 3.8) is 0 Å². The summed E-state index contributed by atoms with van der Waals surface area (Å²) in [5, 5.41) is 1.68. The molecule has 0 radical (unpaired) electrons. The molecular weight excluding hydrogens is 138 g/mol. The lowest BCUT2D eigenvalue weighted by Gasteiger charge is -2.11. The average molecular weight is 151 g/mol. The Kier molecular flexibility index (Phi) is 2.49. The van der Waals surface area contributed by atoms with Crippen molar-refractivity contribution >= 4 is 0 Å². The van der Waals surface area contributed by atoms with Crippen LogP contribution in [0.2, 0.25) is 0 Å². The summed E-state index contributed by atoms with van der Waals surface area (Å²) in [6.45, 7) is 2.04. The maximum Gasteiger partial charge on any atom is 0.147 e. The zero-order valence-electron chi connectivity index (χ0n) is 7.16. The monoisotopic (exact) mass is 151 g/mol. The molecule has 0 saturated carbocycles. The predicted octanol–water partition coefficient (Wildman–Crippen LogP) is 1.85. The molecule has 0 amide bonds. The Labute approximate surface area is 67.4 Å². The van der Waals surface area contributed by atoms with Crippen LogP contribution in [-0.2, 0) is 0 Å². The molecule has 0 fully saturated rings. The lowest BCUT2D eigenvalue weighted by atomic mass is 10.2. The molecule has 0 N–H and O–H groups in total. The van der Waals surface area contributed by atoms with Gasteiger partial charge in [0, 0.05) is 14.1 Å². The second kappa shape index (κ2) is 3.39. The van der Waals surface area contributed by atoms with Crippen molar-refractivity contribution in [1.29, 1.82) is 0 Å². The molecule has 2 nitrogen and oxygen atoms in total. The smallest absolute Gasteiger partial charge is 0.147 e. The van der Waals surface area contributed by atoms with E-state index in [0.717, 1.165) is 5.75 Å². The summed E-state index contributed by atoms with van der Waals surface area (Å²) < 4.78 is 0. The minimum Gasteiger partial charge on any atom is -0.407 e. The maximum atomic E-state index is 5.33. The van der Waals surface area contributed by atoms with E-state index in [9.17, 15) is 0 Å². The third kappa shape index (κ3) is 2.60. The molecule has 11 heavy (non-hydrogen) atoms. The zero-order valence-corrected chi connectivity index (χ0v) is 7.16. The molecule has 0 aromatic heterocycles. The number of rotatable bonds is 2. The molecule has 0 saturated heterocycles. The van der Waals surface area contributed by atoms with E-state index in [1.165, 1.54) is 5.56 Å². The number of nitrogens with zero attached hydrogens (tertiary/aromatic N) is 1. The van der Waals surface area contributed by atoms with Gasteiger partial charge in [0.25, 0.3) is 0 Å². The molecule has 0 atom stereocenters. The molecule has 0 aliphatic heterocycles. The highest BCUT2D eigenvalue weighted by Crippen LogP contribution is 2.12. The Bertz CT molecular complexity index is 233. The summed E-state index contributed by atoms with van der Waals surface area (Å²) >= 11 is 0. The average Bonchev–Trinajstić information content (AvgIpc) is 1.85. The molecule has 0 bridgehead atoms. The van der Waals surface area contributed by atoms with Crippen LogP contribution < -0.4 is 4.84 Å². The van der Waals surface area contributed by atoms with Crippen LogP contribution in [0.3, 0.4) is 0 Å². The Morgan fingerprint density at radius 1 is 1.27 bits per heavy atom. The van der Waals surface area contributed by atoms with E-state index in [-0.39, 0.29) is 0 Å². The molecule has 1 rings (SSSR count). The third-order valence-electron chi connectivity index (χ3n) is 1.28. The van der Waals surface area contributed by atoms with Crippen molar-refractivity contribution in [2.24, 2.45) is 0 Å². The first-order chi connectivity index (χ1) is 5.18. The molecule has 1 aromatic carbocycles. The summed E-state index contributed by atoms with van der Waals surface area (Å²) in [4.78, 5) is 5.33. The van der Waals surface area contributed by atoms with Crippen LogP contribution in [0.1, 0.15) is 5.56 Å². The number of hydroxylamine groups is 2. The Hall–Kier alpha value is -1.02. The fourth-order valence-corrected chi connectivity index (χ4v) is 0.883. The minimum atomic E-state index is 0.884. The fourth-order valence-electron chi connectivity index (χ4n) is 0.883. The maximum absolute atomic E-state index is 5.33. The van der Waals surface area contributed by atoms with Crippen molar-refractivity contribution in [3.05, 3.63) is 29.8 Å². The summed E-state index contributed by atoms with van der Waals surface area (Å²) in [6, 6.07) is 7.96. The molecular formula is C9H13NO. The third-order valence-corrected chi connectivity index (χ3v) is 1.28. The summed E-state index contributed by atoms with van der Waals surface area (Å²) in [5.74, 6) is 0.884. The first kappa shape index (κ1) is 8.08. The predicted molar refractivity (Wildman–Crippen MR) is 45.5 cm³/mol. The number of aryl methyl sites for hydroxylation is 1. The lowest BCUT2D eigenvalue weighted by molar-refractivity contribution is -0.00330. The van der Waals surface area contributed by atoms with Crippen LogP contribution in [0.5, 0.6) is 5.75 Å². The van der Waals surface area contributed by atoms with E-state index >= 15 is 0 Å². The van der Waals surface area contributed by atoms with Gasteiger partial charge in [0.05, 0.1) is 0 Å². The topological polar surface area (TPSA) is 12.5 Å². The Balaban J connectivity index is 2.71. The van der Waals surface area contributed by atoms with Gasteiger partial charge in [-0.25, -0.2) is 0 Å². The van der Waals surface area contributed by atoms with Crippen LogP contribution >= 0.6 is 0 Å². The number of hydrogen-bond acceptors (Lipinski definition) is 2. The summed E-state index contributed by atoms with van der Waals surface area (Å²) in [5.41, 5.74) is 1.21. The fraction of sp³-hybridized carbons (Fsp3) is 0.333. The van der Waals surface area contributed by atoms with Gasteiger partial charge in [-0.3, -0.25) is 0 Å². The van der Waals surface area contributed by atoms with E-state index in [0.29, 0.717) is 0 Å². The second-order valence-corrected chi connectivity index (χ2v) is 2.72. The summed E-state index contributed by atoms with van der Waals surface area (Å²) in [7, 11) is 3.73. The molecule has 0 heterocycles. The van der Waals surface area contributed by atoms with Gasteiger partial charge < -0.3 is 4.84 Å². The van der Waals surface area contributed by atoms with Gasteiger partial charge in [-0.15, -0.1) is 0 Å². The molecule has 2 heteroatoms. The van der Waals surface area contributed by atoms with Gasteiger partial charge in [-0.2, -0.15) is 5.06 Å². The van der Waals surface area contributed by atoms with Crippen LogP contribution in [0.4, 0.5) is 0 Å². The summed E-state index contributed by atoms with van der Waals surface area (Å²) in [6.07, 6.45) is 0. The number of hydrogen-bond donors (Lipinski definition) is 0. The van der Waals surface area contributed by atoms with E-state index in [4.69, 9.17) is 4.84 Å². The van der Waals surface area contributed by atoms with Crippen molar-refractivity contribution in [2.75, 3.05) is 14.1 Å². The highest BCUT2D eigenvalue weighted by Gasteiger charge is 1.93. The second-order valence-electron chi connectivity index (χ2n) is 2.72. The zero-order chi connectivity index (χ0) is 8.27.